The number of pyridine rings is 1. The first-order valence-electron chi connectivity index (χ1n) is 5.24. The molecule has 0 atom stereocenters. The van der Waals surface area contributed by atoms with Gasteiger partial charge >= 0.3 is 0 Å². The number of nitrogens with zero attached hydrogens (tertiary/aromatic N) is 1. The number of hydrogen-bond acceptors (Lipinski definition) is 2. The van der Waals surface area contributed by atoms with Crippen LogP contribution in [0.1, 0.15) is 5.56 Å². The number of anilines is 2. The highest BCUT2D eigenvalue weighted by Crippen LogP contribution is 2.30. The molecular formula is C12H6BrF5N2. The molecule has 0 unspecified atom stereocenters. The van der Waals surface area contributed by atoms with Gasteiger partial charge in [0.2, 0.25) is 11.6 Å². The standard InChI is InChI=1S/C12H6BrF5N2/c1-4-2-5(13)6(14)3-7(4)19-10-8(15)11(17)20-12(18)9(10)16/h2-3H,1H3,(H,19,20). The van der Waals surface area contributed by atoms with Crippen molar-refractivity contribution in [3.63, 3.8) is 0 Å². The van der Waals surface area contributed by atoms with E-state index < -0.39 is 35.0 Å². The zero-order valence-corrected chi connectivity index (χ0v) is 11.5. The second-order valence-corrected chi connectivity index (χ2v) is 4.76. The Morgan fingerprint density at radius 3 is 2.10 bits per heavy atom. The number of aryl methyl sites for hydroxylation is 1. The summed E-state index contributed by atoms with van der Waals surface area (Å²) in [5.74, 6) is -7.66. The first-order valence-corrected chi connectivity index (χ1v) is 6.03. The van der Waals surface area contributed by atoms with Crippen LogP contribution in [0.3, 0.4) is 0 Å². The Morgan fingerprint density at radius 1 is 1.00 bits per heavy atom. The molecule has 1 aromatic heterocycles. The minimum atomic E-state index is -1.79. The lowest BCUT2D eigenvalue weighted by Gasteiger charge is -2.12. The Hall–Kier alpha value is -1.70. The summed E-state index contributed by atoms with van der Waals surface area (Å²) >= 11 is 2.94. The average Bonchev–Trinajstić information content (AvgIpc) is 2.38. The topological polar surface area (TPSA) is 24.9 Å². The number of nitrogens with one attached hydrogen (secondary N) is 1. The van der Waals surface area contributed by atoms with Gasteiger partial charge in [0, 0.05) is 5.69 Å². The predicted octanol–water partition coefficient (Wildman–Crippen LogP) is 4.59. The van der Waals surface area contributed by atoms with Crippen LogP contribution in [0.4, 0.5) is 33.3 Å². The molecule has 2 aromatic rings. The van der Waals surface area contributed by atoms with E-state index in [9.17, 15) is 22.0 Å². The summed E-state index contributed by atoms with van der Waals surface area (Å²) in [4.78, 5) is 2.42. The van der Waals surface area contributed by atoms with Crippen molar-refractivity contribution in [2.24, 2.45) is 0 Å². The van der Waals surface area contributed by atoms with Crippen LogP contribution < -0.4 is 5.32 Å². The molecule has 2 nitrogen and oxygen atoms in total. The second kappa shape index (κ2) is 5.35. The monoisotopic (exact) mass is 352 g/mol. The Labute approximate surface area is 118 Å². The van der Waals surface area contributed by atoms with E-state index in [0.29, 0.717) is 5.56 Å². The number of halogens is 6. The lowest BCUT2D eigenvalue weighted by Crippen LogP contribution is -2.07. The summed E-state index contributed by atoms with van der Waals surface area (Å²) in [6.07, 6.45) is 0. The fourth-order valence-electron chi connectivity index (χ4n) is 1.51. The van der Waals surface area contributed by atoms with Crippen LogP contribution in [0.15, 0.2) is 16.6 Å². The van der Waals surface area contributed by atoms with Crippen molar-refractivity contribution in [3.8, 4) is 0 Å². The normalized spacial score (nSPS) is 10.8. The van der Waals surface area contributed by atoms with Crippen molar-refractivity contribution < 1.29 is 22.0 Å². The van der Waals surface area contributed by atoms with Crippen molar-refractivity contribution >= 4 is 27.3 Å². The van der Waals surface area contributed by atoms with Gasteiger partial charge in [-0.25, -0.2) is 4.39 Å². The third-order valence-corrected chi connectivity index (χ3v) is 3.13. The third-order valence-electron chi connectivity index (χ3n) is 2.52. The third kappa shape index (κ3) is 2.60. The number of rotatable bonds is 2. The quantitative estimate of drug-likeness (QED) is 0.631. The summed E-state index contributed by atoms with van der Waals surface area (Å²) in [5.41, 5.74) is -0.692. The summed E-state index contributed by atoms with van der Waals surface area (Å²) in [6.45, 7) is 1.52. The molecule has 0 aliphatic heterocycles. The van der Waals surface area contributed by atoms with Gasteiger partial charge in [0.05, 0.1) is 4.47 Å². The van der Waals surface area contributed by atoms with Gasteiger partial charge in [0.15, 0.2) is 0 Å². The molecule has 0 fully saturated rings. The van der Waals surface area contributed by atoms with Gasteiger partial charge in [-0.05, 0) is 40.5 Å². The van der Waals surface area contributed by atoms with E-state index in [2.05, 4.69) is 26.2 Å². The molecule has 8 heteroatoms. The number of aromatic nitrogens is 1. The van der Waals surface area contributed by atoms with E-state index in [1.807, 2.05) is 0 Å². The Balaban J connectivity index is 2.53. The molecule has 1 aromatic carbocycles. The molecule has 0 bridgehead atoms. The molecule has 1 N–H and O–H groups in total. The minimum Gasteiger partial charge on any atom is -0.350 e. The lowest BCUT2D eigenvalue weighted by atomic mass is 10.2. The molecule has 0 saturated carbocycles. The van der Waals surface area contributed by atoms with E-state index in [1.54, 1.807) is 0 Å². The minimum absolute atomic E-state index is 0.0338. The van der Waals surface area contributed by atoms with Crippen LogP contribution in [-0.2, 0) is 0 Å². The van der Waals surface area contributed by atoms with Crippen LogP contribution in [-0.4, -0.2) is 4.98 Å². The average molecular weight is 353 g/mol. The van der Waals surface area contributed by atoms with Crippen molar-refractivity contribution in [2.75, 3.05) is 5.32 Å². The molecule has 106 valence electrons. The van der Waals surface area contributed by atoms with Gasteiger partial charge in [-0.1, -0.05) is 0 Å². The van der Waals surface area contributed by atoms with Crippen molar-refractivity contribution in [1.82, 2.24) is 4.98 Å². The molecule has 0 saturated heterocycles. The van der Waals surface area contributed by atoms with Crippen molar-refractivity contribution in [3.05, 3.63) is 51.5 Å². The summed E-state index contributed by atoms with van der Waals surface area (Å²) in [6, 6.07) is 2.29. The smallest absolute Gasteiger partial charge is 0.253 e. The first kappa shape index (κ1) is 14.7. The van der Waals surface area contributed by atoms with E-state index >= 15 is 0 Å². The van der Waals surface area contributed by atoms with Crippen LogP contribution in [0.25, 0.3) is 0 Å². The molecule has 0 aliphatic rings. The zero-order valence-electron chi connectivity index (χ0n) is 9.87. The predicted molar refractivity (Wildman–Crippen MR) is 66.2 cm³/mol. The van der Waals surface area contributed by atoms with E-state index in [-0.39, 0.29) is 10.2 Å². The van der Waals surface area contributed by atoms with E-state index in [0.717, 1.165) is 6.07 Å². The van der Waals surface area contributed by atoms with Crippen LogP contribution in [0.5, 0.6) is 0 Å². The van der Waals surface area contributed by atoms with Crippen molar-refractivity contribution in [1.29, 1.82) is 0 Å². The number of hydrogen-bond donors (Lipinski definition) is 1. The van der Waals surface area contributed by atoms with E-state index in [1.165, 1.54) is 13.0 Å². The molecule has 0 spiro atoms. The lowest BCUT2D eigenvalue weighted by molar-refractivity contribution is 0.411. The zero-order chi connectivity index (χ0) is 15.0. The highest BCUT2D eigenvalue weighted by atomic mass is 79.9. The number of benzene rings is 1. The molecule has 0 radical (unpaired) electrons. The largest absolute Gasteiger partial charge is 0.350 e. The molecular weight excluding hydrogens is 347 g/mol. The van der Waals surface area contributed by atoms with Gasteiger partial charge in [0.1, 0.15) is 11.5 Å². The Bertz CT molecular complexity index is 664. The molecule has 20 heavy (non-hydrogen) atoms. The van der Waals surface area contributed by atoms with Gasteiger partial charge in [0.25, 0.3) is 11.9 Å². The maximum atomic E-state index is 13.4. The highest BCUT2D eigenvalue weighted by molar-refractivity contribution is 9.10. The fraction of sp³-hybridized carbons (Fsp3) is 0.0833. The maximum Gasteiger partial charge on any atom is 0.253 e. The van der Waals surface area contributed by atoms with Crippen LogP contribution in [0, 0.1) is 36.3 Å². The van der Waals surface area contributed by atoms with Gasteiger partial charge in [-0.2, -0.15) is 22.5 Å². The van der Waals surface area contributed by atoms with Crippen LogP contribution in [0.2, 0.25) is 0 Å². The van der Waals surface area contributed by atoms with Gasteiger partial charge in [-0.3, -0.25) is 0 Å². The fourth-order valence-corrected chi connectivity index (χ4v) is 1.97. The first-order chi connectivity index (χ1) is 9.31. The SMILES string of the molecule is Cc1cc(Br)c(F)cc1Nc1c(F)c(F)nc(F)c1F. The second-order valence-electron chi connectivity index (χ2n) is 3.90. The molecule has 1 heterocycles. The molecule has 0 amide bonds. The molecule has 0 aliphatic carbocycles. The maximum absolute atomic E-state index is 13.4. The Kier molecular flexibility index (Phi) is 3.94. The van der Waals surface area contributed by atoms with Crippen molar-refractivity contribution in [2.45, 2.75) is 6.92 Å². The summed E-state index contributed by atoms with van der Waals surface area (Å²) < 4.78 is 66.3. The summed E-state index contributed by atoms with van der Waals surface area (Å²) in [7, 11) is 0. The Morgan fingerprint density at radius 2 is 1.55 bits per heavy atom. The van der Waals surface area contributed by atoms with Gasteiger partial charge in [-0.15, -0.1) is 0 Å². The van der Waals surface area contributed by atoms with Crippen LogP contribution >= 0.6 is 15.9 Å². The van der Waals surface area contributed by atoms with Gasteiger partial charge < -0.3 is 5.32 Å². The summed E-state index contributed by atoms with van der Waals surface area (Å²) in [5, 5.41) is 2.13. The highest BCUT2D eigenvalue weighted by Gasteiger charge is 2.21. The van der Waals surface area contributed by atoms with E-state index in [4.69, 9.17) is 0 Å². The molecule has 2 rings (SSSR count).